The van der Waals surface area contributed by atoms with Crippen LogP contribution >= 0.6 is 0 Å². The van der Waals surface area contributed by atoms with Gasteiger partial charge in [-0.3, -0.25) is 4.79 Å². The van der Waals surface area contributed by atoms with Crippen LogP contribution in [0.15, 0.2) is 24.3 Å². The molecule has 4 amide bonds. The quantitative estimate of drug-likeness (QED) is 0.180. The second-order valence-electron chi connectivity index (χ2n) is 12.8. The lowest BCUT2D eigenvalue weighted by Gasteiger charge is -2.26. The van der Waals surface area contributed by atoms with Gasteiger partial charge in [-0.1, -0.05) is 12.1 Å². The number of ether oxygens (including phenoxy) is 4. The maximum absolute atomic E-state index is 13.1. The standard InChI is InChI=1S/C31H50N4O10/c1-30(2,3)44-27(39)22(9-7-8-14-33-29(41)45-31(4,5)6)34-28(40)35-23-17-20-10-12-21(13-11-20)43-19-25(37)24(36)18-42-16-15-32-26(23)38/h10-13,22-25,36-37H,7-9,14-19H2,1-6H3,(H,32,38)(H,33,41)(H2,34,35,40)/t22-,23+,24?,25?/m0/s1. The molecule has 0 aromatic heterocycles. The van der Waals surface area contributed by atoms with Crippen LogP contribution in [0.3, 0.4) is 0 Å². The van der Waals surface area contributed by atoms with Gasteiger partial charge in [-0.2, -0.15) is 0 Å². The van der Waals surface area contributed by atoms with Crippen molar-refractivity contribution in [2.45, 2.75) is 103 Å². The first-order valence-electron chi connectivity index (χ1n) is 15.2. The second-order valence-corrected chi connectivity index (χ2v) is 12.8. The van der Waals surface area contributed by atoms with E-state index in [-0.39, 0.29) is 39.2 Å². The molecule has 14 nitrogen and oxygen atoms in total. The molecule has 3 rings (SSSR count). The smallest absolute Gasteiger partial charge is 0.407 e. The van der Waals surface area contributed by atoms with E-state index in [9.17, 15) is 29.4 Å². The van der Waals surface area contributed by atoms with Gasteiger partial charge in [-0.05, 0) is 78.5 Å². The zero-order valence-corrected chi connectivity index (χ0v) is 27.1. The molecule has 2 aliphatic rings. The number of benzene rings is 1. The molecule has 0 aliphatic carbocycles. The summed E-state index contributed by atoms with van der Waals surface area (Å²) in [6.07, 6.45) is -1.51. The van der Waals surface area contributed by atoms with Gasteiger partial charge in [-0.15, -0.1) is 0 Å². The second kappa shape index (κ2) is 17.8. The van der Waals surface area contributed by atoms with Crippen molar-refractivity contribution in [1.82, 2.24) is 21.3 Å². The van der Waals surface area contributed by atoms with Gasteiger partial charge in [0.15, 0.2) is 0 Å². The van der Waals surface area contributed by atoms with Crippen molar-refractivity contribution >= 4 is 24.0 Å². The van der Waals surface area contributed by atoms with E-state index < -0.39 is 59.5 Å². The van der Waals surface area contributed by atoms with E-state index in [0.29, 0.717) is 30.7 Å². The van der Waals surface area contributed by atoms with Crippen molar-refractivity contribution < 1.29 is 48.3 Å². The van der Waals surface area contributed by atoms with Gasteiger partial charge in [-0.25, -0.2) is 14.4 Å². The fourth-order valence-electron chi connectivity index (χ4n) is 4.10. The van der Waals surface area contributed by atoms with E-state index in [1.54, 1.807) is 65.8 Å². The Morgan fingerprint density at radius 2 is 1.62 bits per heavy atom. The van der Waals surface area contributed by atoms with Crippen LogP contribution in [0.5, 0.6) is 5.75 Å². The van der Waals surface area contributed by atoms with Crippen LogP contribution < -0.4 is 26.0 Å². The van der Waals surface area contributed by atoms with Gasteiger partial charge in [0.2, 0.25) is 5.91 Å². The summed E-state index contributed by atoms with van der Waals surface area (Å²) in [5, 5.41) is 30.8. The van der Waals surface area contributed by atoms with Crippen molar-refractivity contribution in [1.29, 1.82) is 0 Å². The van der Waals surface area contributed by atoms with Crippen LogP contribution in [0.1, 0.15) is 66.4 Å². The molecule has 2 heterocycles. The number of aliphatic hydroxyl groups excluding tert-OH is 2. The number of alkyl carbamates (subject to hydrolysis) is 1. The maximum atomic E-state index is 13.1. The molecule has 0 fully saturated rings. The van der Waals surface area contributed by atoms with Crippen LogP contribution in [0.25, 0.3) is 0 Å². The summed E-state index contributed by atoms with van der Waals surface area (Å²) in [6.45, 7) is 10.6. The van der Waals surface area contributed by atoms with Gasteiger partial charge >= 0.3 is 18.1 Å². The van der Waals surface area contributed by atoms with E-state index >= 15 is 0 Å². The number of nitrogens with one attached hydrogen (secondary N) is 4. The predicted molar refractivity (Wildman–Crippen MR) is 165 cm³/mol. The number of hydrogen-bond donors (Lipinski definition) is 6. The number of rotatable bonds is 8. The lowest BCUT2D eigenvalue weighted by atomic mass is 10.0. The molecular weight excluding hydrogens is 588 g/mol. The normalized spacial score (nSPS) is 20.6. The molecule has 0 radical (unpaired) electrons. The summed E-state index contributed by atoms with van der Waals surface area (Å²) in [5.41, 5.74) is -0.696. The van der Waals surface area contributed by atoms with E-state index in [0.717, 1.165) is 0 Å². The van der Waals surface area contributed by atoms with Crippen LogP contribution in [0.4, 0.5) is 9.59 Å². The third-order valence-electron chi connectivity index (χ3n) is 6.27. The van der Waals surface area contributed by atoms with Gasteiger partial charge in [0.25, 0.3) is 0 Å². The van der Waals surface area contributed by atoms with E-state index in [1.807, 2.05) is 0 Å². The zero-order valence-electron chi connectivity index (χ0n) is 27.1. The molecule has 0 spiro atoms. The number of urea groups is 1. The topological polar surface area (TPSA) is 194 Å². The van der Waals surface area contributed by atoms with Crippen molar-refractivity contribution in [3.63, 3.8) is 0 Å². The molecule has 1 aromatic carbocycles. The predicted octanol–water partition coefficient (Wildman–Crippen LogP) is 1.55. The molecule has 45 heavy (non-hydrogen) atoms. The van der Waals surface area contributed by atoms with E-state index in [1.165, 1.54) is 0 Å². The Morgan fingerprint density at radius 1 is 0.978 bits per heavy atom. The average Bonchev–Trinajstić information content (AvgIpc) is 2.92. The molecule has 0 saturated heterocycles. The number of amides is 4. The highest BCUT2D eigenvalue weighted by Crippen LogP contribution is 2.16. The molecule has 6 N–H and O–H groups in total. The molecule has 1 aromatic rings. The van der Waals surface area contributed by atoms with Crippen molar-refractivity contribution in [3.05, 3.63) is 29.8 Å². The summed E-state index contributed by atoms with van der Waals surface area (Å²) in [5.74, 6) is -0.657. The molecule has 2 aliphatic heterocycles. The lowest BCUT2D eigenvalue weighted by Crippen LogP contribution is -2.55. The highest BCUT2D eigenvalue weighted by Gasteiger charge is 2.29. The lowest BCUT2D eigenvalue weighted by molar-refractivity contribution is -0.157. The average molecular weight is 639 g/mol. The van der Waals surface area contributed by atoms with Crippen LogP contribution in [0.2, 0.25) is 0 Å². The Balaban J connectivity index is 2.07. The Hall–Kier alpha value is -3.62. The highest BCUT2D eigenvalue weighted by molar-refractivity contribution is 5.89. The van der Waals surface area contributed by atoms with Crippen molar-refractivity contribution in [3.8, 4) is 5.75 Å². The number of aliphatic hydroxyl groups is 2. The first kappa shape index (κ1) is 37.6. The Morgan fingerprint density at radius 3 is 2.27 bits per heavy atom. The van der Waals surface area contributed by atoms with Crippen molar-refractivity contribution in [2.24, 2.45) is 0 Å². The summed E-state index contributed by atoms with van der Waals surface area (Å²) in [7, 11) is 0. The summed E-state index contributed by atoms with van der Waals surface area (Å²) >= 11 is 0. The third-order valence-corrected chi connectivity index (χ3v) is 6.27. The summed E-state index contributed by atoms with van der Waals surface area (Å²) in [4.78, 5) is 51.1. The molecule has 0 saturated carbocycles. The first-order valence-corrected chi connectivity index (χ1v) is 15.2. The van der Waals surface area contributed by atoms with Gasteiger partial charge in [0, 0.05) is 19.5 Å². The molecule has 4 atom stereocenters. The number of fused-ring (bicyclic) bond motifs is 13. The van der Waals surface area contributed by atoms with Crippen LogP contribution in [-0.2, 0) is 30.2 Å². The van der Waals surface area contributed by atoms with Crippen LogP contribution in [-0.4, -0.2) is 103 Å². The SMILES string of the molecule is CC(C)(C)OC(=O)NCCCC[C@H](NC(=O)N[C@@H]1Cc2ccc(cc2)OCC(O)C(O)COCCNC1=O)C(=O)OC(C)(C)C. The molecule has 254 valence electrons. The summed E-state index contributed by atoms with van der Waals surface area (Å²) < 4.78 is 21.6. The Kier molecular flexibility index (Phi) is 14.8. The van der Waals surface area contributed by atoms with E-state index in [2.05, 4.69) is 21.3 Å². The minimum atomic E-state index is -1.18. The minimum Gasteiger partial charge on any atom is -0.491 e. The first-order chi connectivity index (χ1) is 21.0. The fourth-order valence-corrected chi connectivity index (χ4v) is 4.10. The molecule has 2 bridgehead atoms. The largest absolute Gasteiger partial charge is 0.491 e. The minimum absolute atomic E-state index is 0.0621. The van der Waals surface area contributed by atoms with Crippen molar-refractivity contribution in [2.75, 3.05) is 32.9 Å². The summed E-state index contributed by atoms with van der Waals surface area (Å²) in [6, 6.07) is 4.01. The number of carbonyl (C=O) groups is 4. The number of esters is 1. The highest BCUT2D eigenvalue weighted by atomic mass is 16.6. The Labute approximate surface area is 264 Å². The fraction of sp³-hybridized carbons (Fsp3) is 0.677. The third kappa shape index (κ3) is 15.8. The monoisotopic (exact) mass is 638 g/mol. The van der Waals surface area contributed by atoms with E-state index in [4.69, 9.17) is 18.9 Å². The zero-order chi connectivity index (χ0) is 33.6. The van der Waals surface area contributed by atoms with Gasteiger partial charge in [0.05, 0.1) is 13.2 Å². The molecule has 14 heteroatoms. The number of hydrogen-bond acceptors (Lipinski definition) is 10. The maximum Gasteiger partial charge on any atom is 0.407 e. The molecule has 2 unspecified atom stereocenters. The van der Waals surface area contributed by atoms with Crippen LogP contribution in [0, 0.1) is 0 Å². The Bertz CT molecular complexity index is 1100. The number of carbonyl (C=O) groups excluding carboxylic acids is 4. The van der Waals surface area contributed by atoms with Gasteiger partial charge < -0.3 is 50.4 Å². The van der Waals surface area contributed by atoms with Gasteiger partial charge in [0.1, 0.15) is 47.9 Å². The molecular formula is C31H50N4O10. The number of unbranched alkanes of at least 4 members (excludes halogenated alkanes) is 1.